The van der Waals surface area contributed by atoms with E-state index in [-0.39, 0.29) is 41.4 Å². The van der Waals surface area contributed by atoms with Gasteiger partial charge >= 0.3 is 0 Å². The lowest BCUT2D eigenvalue weighted by molar-refractivity contribution is -0.205. The second-order valence-electron chi connectivity index (χ2n) is 17.3. The summed E-state index contributed by atoms with van der Waals surface area (Å²) >= 11 is 0. The SMILES string of the molecule is CC(=O)C1C(=O)C(C(C)C)[C@@]2(C)C[C@@]3(C)Cc4c(C(C)C)cc(CCc5ccccc5CC(C)(C)C)c(O)c4C(=O)C3C(=O)[C@@]2(O)C1=O. The van der Waals surface area contributed by atoms with E-state index in [0.29, 0.717) is 24.0 Å². The van der Waals surface area contributed by atoms with Gasteiger partial charge in [-0.2, -0.15) is 0 Å². The van der Waals surface area contributed by atoms with Gasteiger partial charge < -0.3 is 10.2 Å². The van der Waals surface area contributed by atoms with Crippen molar-refractivity contribution >= 4 is 28.9 Å². The maximum Gasteiger partial charge on any atom is 0.190 e. The van der Waals surface area contributed by atoms with Crippen LogP contribution < -0.4 is 0 Å². The number of hydrogen-bond donors (Lipinski definition) is 2. The van der Waals surface area contributed by atoms with Crippen molar-refractivity contribution in [1.29, 1.82) is 0 Å². The first-order valence-corrected chi connectivity index (χ1v) is 17.4. The Morgan fingerprint density at radius 3 is 2.06 bits per heavy atom. The van der Waals surface area contributed by atoms with Crippen molar-refractivity contribution in [3.63, 3.8) is 0 Å². The summed E-state index contributed by atoms with van der Waals surface area (Å²) in [7, 11) is 0. The molecule has 7 nitrogen and oxygen atoms in total. The van der Waals surface area contributed by atoms with E-state index in [1.165, 1.54) is 11.1 Å². The molecule has 48 heavy (non-hydrogen) atoms. The average molecular weight is 657 g/mol. The summed E-state index contributed by atoms with van der Waals surface area (Å²) in [5.74, 6) is -8.66. The topological polar surface area (TPSA) is 126 Å². The average Bonchev–Trinajstić information content (AvgIpc) is 2.94. The molecule has 2 aromatic carbocycles. The molecule has 5 rings (SSSR count). The number of ketones is 5. The van der Waals surface area contributed by atoms with E-state index < -0.39 is 63.1 Å². The third kappa shape index (κ3) is 5.32. The highest BCUT2D eigenvalue weighted by molar-refractivity contribution is 6.32. The number of phenolic OH excluding ortho intramolecular Hbond substituents is 1. The van der Waals surface area contributed by atoms with Crippen LogP contribution in [0.15, 0.2) is 30.3 Å². The number of aliphatic hydroxyl groups is 1. The van der Waals surface area contributed by atoms with Crippen LogP contribution in [0.25, 0.3) is 0 Å². The van der Waals surface area contributed by atoms with Gasteiger partial charge in [-0.1, -0.05) is 92.6 Å². The molecule has 2 saturated carbocycles. The van der Waals surface area contributed by atoms with E-state index in [1.54, 1.807) is 20.8 Å². The van der Waals surface area contributed by atoms with Gasteiger partial charge in [-0.15, -0.1) is 0 Å². The molecule has 6 atom stereocenters. The summed E-state index contributed by atoms with van der Waals surface area (Å²) in [5.41, 5.74) is -0.467. The number of carbonyl (C=O) groups is 5. The van der Waals surface area contributed by atoms with Crippen LogP contribution in [0.1, 0.15) is 120 Å². The van der Waals surface area contributed by atoms with Gasteiger partial charge in [0.25, 0.3) is 0 Å². The van der Waals surface area contributed by atoms with Crippen LogP contribution in [0.3, 0.4) is 0 Å². The molecule has 0 spiro atoms. The van der Waals surface area contributed by atoms with Gasteiger partial charge in [0, 0.05) is 11.3 Å². The second kappa shape index (κ2) is 11.9. The Morgan fingerprint density at radius 1 is 0.938 bits per heavy atom. The highest BCUT2D eigenvalue weighted by Gasteiger charge is 2.76. The zero-order valence-corrected chi connectivity index (χ0v) is 30.2. The number of hydrogen-bond acceptors (Lipinski definition) is 7. The summed E-state index contributed by atoms with van der Waals surface area (Å²) in [4.78, 5) is 69.8. The van der Waals surface area contributed by atoms with E-state index >= 15 is 0 Å². The summed E-state index contributed by atoms with van der Waals surface area (Å²) in [6.07, 6.45) is 2.32. The Labute approximate surface area is 284 Å². The van der Waals surface area contributed by atoms with Gasteiger partial charge in [0.1, 0.15) is 17.5 Å². The molecule has 2 aromatic rings. The number of aryl methyl sites for hydroxylation is 2. The number of aromatic hydroxyl groups is 1. The van der Waals surface area contributed by atoms with E-state index in [4.69, 9.17) is 0 Å². The molecule has 0 heterocycles. The van der Waals surface area contributed by atoms with Gasteiger partial charge in [0.15, 0.2) is 28.7 Å². The molecule has 0 bridgehead atoms. The minimum Gasteiger partial charge on any atom is -0.507 e. The highest BCUT2D eigenvalue weighted by atomic mass is 16.3. The lowest BCUT2D eigenvalue weighted by atomic mass is 9.39. The first-order valence-electron chi connectivity index (χ1n) is 17.4. The molecule has 7 heteroatoms. The van der Waals surface area contributed by atoms with E-state index in [9.17, 15) is 34.2 Å². The van der Waals surface area contributed by atoms with Crippen LogP contribution in [-0.2, 0) is 44.9 Å². The van der Waals surface area contributed by atoms with Crippen molar-refractivity contribution in [3.05, 3.63) is 63.7 Å². The Kier molecular flexibility index (Phi) is 8.85. The van der Waals surface area contributed by atoms with Gasteiger partial charge in [0.2, 0.25) is 0 Å². The van der Waals surface area contributed by atoms with Crippen molar-refractivity contribution in [2.24, 2.45) is 39.9 Å². The fourth-order valence-electron chi connectivity index (χ4n) is 9.81. The van der Waals surface area contributed by atoms with Crippen LogP contribution in [0.5, 0.6) is 5.75 Å². The molecule has 258 valence electrons. The standard InChI is InChI=1S/C41H52O7/c1-21(2)27-17-25(16-15-24-13-11-12-14-26(24)18-38(6,7)8)33(43)30-28(27)19-39(9)20-40(10)31(22(3)4)34(44)29(23(5)42)36(46)41(40,48)37(47)32(39)35(30)45/h11-14,17,21-22,29,31-32,43,48H,15-16,18-20H2,1-10H3/t29?,31?,32?,39-,40-,41+/m1/s1. The molecule has 0 amide bonds. The molecule has 0 saturated heterocycles. The van der Waals surface area contributed by atoms with Gasteiger partial charge in [-0.05, 0) is 89.5 Å². The summed E-state index contributed by atoms with van der Waals surface area (Å²) in [5, 5.41) is 24.1. The summed E-state index contributed by atoms with van der Waals surface area (Å²) < 4.78 is 0. The quantitative estimate of drug-likeness (QED) is 0.322. The highest BCUT2D eigenvalue weighted by Crippen LogP contribution is 2.64. The Balaban J connectivity index is 1.63. The molecule has 3 aliphatic carbocycles. The summed E-state index contributed by atoms with van der Waals surface area (Å²) in [6, 6.07) is 10.3. The lowest BCUT2D eigenvalue weighted by Gasteiger charge is -2.62. The first kappa shape index (κ1) is 35.8. The number of benzene rings is 2. The summed E-state index contributed by atoms with van der Waals surface area (Å²) in [6.45, 7) is 18.8. The molecule has 2 fully saturated rings. The van der Waals surface area contributed by atoms with Crippen LogP contribution in [0.4, 0.5) is 0 Å². The van der Waals surface area contributed by atoms with E-state index in [2.05, 4.69) is 32.9 Å². The Hall–Kier alpha value is -3.45. The van der Waals surface area contributed by atoms with Crippen molar-refractivity contribution < 1.29 is 34.2 Å². The molecule has 0 radical (unpaired) electrons. The largest absolute Gasteiger partial charge is 0.507 e. The fourth-order valence-corrected chi connectivity index (χ4v) is 9.81. The molecular weight excluding hydrogens is 604 g/mol. The van der Waals surface area contributed by atoms with Crippen molar-refractivity contribution in [2.45, 2.75) is 113 Å². The van der Waals surface area contributed by atoms with E-state index in [0.717, 1.165) is 18.9 Å². The molecule has 0 aliphatic heterocycles. The predicted octanol–water partition coefficient (Wildman–Crippen LogP) is 6.59. The van der Waals surface area contributed by atoms with Crippen LogP contribution in [0, 0.1) is 39.9 Å². The van der Waals surface area contributed by atoms with Crippen molar-refractivity contribution in [1.82, 2.24) is 0 Å². The predicted molar refractivity (Wildman–Crippen MR) is 184 cm³/mol. The molecule has 3 aliphatic rings. The zero-order valence-electron chi connectivity index (χ0n) is 30.2. The molecule has 0 aromatic heterocycles. The zero-order chi connectivity index (χ0) is 35.9. The normalized spacial score (nSPS) is 30.4. The minimum absolute atomic E-state index is 0.00334. The smallest absolute Gasteiger partial charge is 0.190 e. The van der Waals surface area contributed by atoms with Crippen molar-refractivity contribution in [3.8, 4) is 5.75 Å². The molecule has 3 unspecified atom stereocenters. The first-order chi connectivity index (χ1) is 22.1. The second-order valence-corrected chi connectivity index (χ2v) is 17.3. The van der Waals surface area contributed by atoms with Crippen LogP contribution in [0.2, 0.25) is 0 Å². The maximum atomic E-state index is 14.7. The number of fused-ring (bicyclic) bond motifs is 3. The lowest BCUT2D eigenvalue weighted by Crippen LogP contribution is -2.76. The van der Waals surface area contributed by atoms with Crippen LogP contribution >= 0.6 is 0 Å². The van der Waals surface area contributed by atoms with Gasteiger partial charge in [-0.3, -0.25) is 24.0 Å². The number of Topliss-reactive ketones (excluding diaryl/α,β-unsaturated/α-hetero) is 5. The monoisotopic (exact) mass is 656 g/mol. The Bertz CT molecular complexity index is 1720. The molecule has 2 N–H and O–H groups in total. The van der Waals surface area contributed by atoms with Crippen LogP contribution in [-0.4, -0.2) is 44.7 Å². The fraction of sp³-hybridized carbons (Fsp3) is 0.585. The number of carbonyl (C=O) groups excluding carboxylic acids is 5. The number of rotatable bonds is 7. The van der Waals surface area contributed by atoms with E-state index in [1.807, 2.05) is 39.0 Å². The maximum absolute atomic E-state index is 14.7. The van der Waals surface area contributed by atoms with Gasteiger partial charge in [-0.25, -0.2) is 0 Å². The Morgan fingerprint density at radius 2 is 1.52 bits per heavy atom. The van der Waals surface area contributed by atoms with Crippen molar-refractivity contribution in [2.75, 3.05) is 0 Å². The minimum atomic E-state index is -2.70. The molecular formula is C41H52O7. The third-order valence-corrected chi connectivity index (χ3v) is 11.6. The number of phenols is 1. The van der Waals surface area contributed by atoms with Gasteiger partial charge in [0.05, 0.1) is 11.5 Å². The third-order valence-electron chi connectivity index (χ3n) is 11.6.